The minimum Gasteiger partial charge on any atom is -0.507 e. The van der Waals surface area contributed by atoms with E-state index in [1.807, 2.05) is 20.9 Å². The summed E-state index contributed by atoms with van der Waals surface area (Å²) in [5, 5.41) is 39.8. The Hall–Kier alpha value is -2.57. The average molecular weight is 859 g/mol. The Labute approximate surface area is 312 Å². The summed E-state index contributed by atoms with van der Waals surface area (Å²) in [4.78, 5) is 30.2. The zero-order valence-electron chi connectivity index (χ0n) is 28.1. The number of benzene rings is 2. The number of ether oxygens (including phenoxy) is 2. The maximum Gasteiger partial charge on any atom is 0.242 e. The van der Waals surface area contributed by atoms with E-state index in [2.05, 4.69) is 39.5 Å². The van der Waals surface area contributed by atoms with E-state index in [-0.39, 0.29) is 98.8 Å². The summed E-state index contributed by atoms with van der Waals surface area (Å²) in [7, 11) is 2.01. The fourth-order valence-corrected chi connectivity index (χ4v) is 8.17. The summed E-state index contributed by atoms with van der Waals surface area (Å²) < 4.78 is 11.8. The molecule has 4 aliphatic heterocycles. The van der Waals surface area contributed by atoms with Crippen LogP contribution in [0.4, 0.5) is 0 Å². The fraction of sp³-hybridized carbons (Fsp3) is 0.571. The van der Waals surface area contributed by atoms with Gasteiger partial charge in [-0.1, -0.05) is 25.8 Å². The van der Waals surface area contributed by atoms with Crippen molar-refractivity contribution >= 4 is 11.8 Å². The third-order valence-electron chi connectivity index (χ3n) is 10.7. The van der Waals surface area contributed by atoms with Crippen LogP contribution in [-0.2, 0) is 22.4 Å². The van der Waals surface area contributed by atoms with Crippen LogP contribution < -0.4 is 20.1 Å². The van der Waals surface area contributed by atoms with Gasteiger partial charge in [0.25, 0.3) is 0 Å². The predicted octanol–water partition coefficient (Wildman–Crippen LogP) is 3.72. The summed E-state index contributed by atoms with van der Waals surface area (Å²) in [6.45, 7) is 9.57. The normalized spacial score (nSPS) is 24.6. The maximum absolute atomic E-state index is 13.4. The minimum atomic E-state index is -0.752. The predicted molar refractivity (Wildman–Crippen MR) is 171 cm³/mol. The van der Waals surface area contributed by atoms with Crippen LogP contribution >= 0.6 is 0 Å². The summed E-state index contributed by atoms with van der Waals surface area (Å²) in [6, 6.07) is 2.11. The van der Waals surface area contributed by atoms with Crippen LogP contribution in [0.15, 0.2) is 6.07 Å². The van der Waals surface area contributed by atoms with E-state index in [4.69, 9.17) is 9.47 Å². The number of carbonyl (C=O) groups excluding carboxylic acids is 2. The smallest absolute Gasteiger partial charge is 0.242 e. The first-order valence-electron chi connectivity index (χ1n) is 16.4. The van der Waals surface area contributed by atoms with Crippen LogP contribution in [0.25, 0.3) is 0 Å². The van der Waals surface area contributed by atoms with E-state index in [1.54, 1.807) is 13.8 Å². The second-order valence-electron chi connectivity index (χ2n) is 13.4. The van der Waals surface area contributed by atoms with Crippen molar-refractivity contribution in [2.45, 2.75) is 109 Å². The van der Waals surface area contributed by atoms with Crippen molar-refractivity contribution in [2.75, 3.05) is 20.4 Å². The third kappa shape index (κ3) is 6.00. The molecule has 249 valence electrons. The van der Waals surface area contributed by atoms with E-state index < -0.39 is 18.1 Å². The van der Waals surface area contributed by atoms with Gasteiger partial charge in [0, 0.05) is 91.4 Å². The zero-order chi connectivity index (χ0) is 33.0. The van der Waals surface area contributed by atoms with Gasteiger partial charge in [0.05, 0.1) is 18.2 Å². The van der Waals surface area contributed by atoms with Crippen molar-refractivity contribution in [3.8, 4) is 29.1 Å². The number of nitrogens with one attached hydrogen (secondary N) is 2. The van der Waals surface area contributed by atoms with Crippen molar-refractivity contribution in [3.05, 3.63) is 45.0 Å². The molecular weight excluding hydrogens is 813 g/mol. The molecule has 6 rings (SSSR count). The largest absolute Gasteiger partial charge is 0.507 e. The first-order valence-corrected chi connectivity index (χ1v) is 16.4. The number of nitrogens with zero attached hydrogens (tertiary/aromatic N) is 3. The molecule has 2 bridgehead atoms. The minimum absolute atomic E-state index is 0. The van der Waals surface area contributed by atoms with E-state index >= 15 is 0 Å². The molecule has 6 atom stereocenters. The Morgan fingerprint density at radius 3 is 2.49 bits per heavy atom. The van der Waals surface area contributed by atoms with Gasteiger partial charge in [0.1, 0.15) is 23.6 Å². The number of unbranched alkanes of at least 4 members (excludes halogenated alkanes) is 2. The quantitative estimate of drug-likeness (QED) is 0.292. The van der Waals surface area contributed by atoms with Crippen molar-refractivity contribution in [1.82, 2.24) is 20.4 Å². The number of fused-ring (bicyclic) bond motifs is 9. The topological polar surface area (TPSA) is 147 Å². The van der Waals surface area contributed by atoms with Gasteiger partial charge in [-0.3, -0.25) is 19.4 Å². The molecule has 4 aliphatic rings. The summed E-state index contributed by atoms with van der Waals surface area (Å²) in [6.07, 6.45) is 4.08. The number of likely N-dealkylation sites (N-methyl/N-ethyl adjacent to an activating group) is 1. The van der Waals surface area contributed by atoms with Crippen LogP contribution in [0, 0.1) is 76.2 Å². The first kappa shape index (κ1) is 35.7. The Bertz CT molecular complexity index is 1630. The van der Waals surface area contributed by atoms with Gasteiger partial charge in [-0.15, -0.1) is 0 Å². The maximum atomic E-state index is 13.4. The molecule has 1 unspecified atom stereocenters. The van der Waals surface area contributed by atoms with Crippen molar-refractivity contribution < 1.29 is 73.3 Å². The molecule has 0 aromatic heterocycles. The van der Waals surface area contributed by atoms with E-state index in [0.717, 1.165) is 41.5 Å². The number of phenolic OH excluding ortho intramolecular Hbond substituents is 2. The zero-order valence-corrected chi connectivity index (χ0v) is 32.9. The van der Waals surface area contributed by atoms with Gasteiger partial charge < -0.3 is 30.3 Å². The Morgan fingerprint density at radius 1 is 1.06 bits per heavy atom. The second-order valence-corrected chi connectivity index (χ2v) is 13.4. The van der Waals surface area contributed by atoms with Gasteiger partial charge in [-0.2, -0.15) is 5.26 Å². The molecule has 1 radical (unpaired) electrons. The van der Waals surface area contributed by atoms with Crippen LogP contribution in [0.1, 0.15) is 90.6 Å². The standard InChI is InChI=1S/C35H45N5O6.Ac/c1-7-8-9-10-27(41)38-20(5)35(44)37-15-26-29-22(31(42)19(4)33-34(29)46-16-45-33)13-24-30-28-21(11-17(2)18(3)32(28)43)12-23(39(30)6)25(14-36)40(24)26;/h11,20,23-26,30,42-43H,7-10,12-13,15-16H2,1-6H3,(H,37,44)(H,38,41);/t20-,23-,24?,25-,26-,30-;/m0./s1. The molecule has 2 amide bonds. The van der Waals surface area contributed by atoms with Gasteiger partial charge >= 0.3 is 0 Å². The van der Waals surface area contributed by atoms with Crippen molar-refractivity contribution in [3.63, 3.8) is 0 Å². The van der Waals surface area contributed by atoms with Crippen molar-refractivity contribution in [2.24, 2.45) is 0 Å². The Kier molecular flexibility index (Phi) is 10.7. The van der Waals surface area contributed by atoms with E-state index in [9.17, 15) is 25.1 Å². The monoisotopic (exact) mass is 858 g/mol. The number of rotatable bonds is 8. The number of piperazine rings is 1. The van der Waals surface area contributed by atoms with Gasteiger partial charge in [0.2, 0.25) is 18.6 Å². The number of hydrogen-bond acceptors (Lipinski definition) is 9. The fourth-order valence-electron chi connectivity index (χ4n) is 8.17. The summed E-state index contributed by atoms with van der Waals surface area (Å²) in [5.41, 5.74) is 5.71. The van der Waals surface area contributed by atoms with Crippen LogP contribution in [0.3, 0.4) is 0 Å². The molecule has 1 fully saturated rings. The molecule has 4 heterocycles. The molecule has 0 aliphatic carbocycles. The number of amides is 2. The summed E-state index contributed by atoms with van der Waals surface area (Å²) >= 11 is 0. The Balaban J connectivity index is 0.00000433. The van der Waals surface area contributed by atoms with Crippen LogP contribution in [0.5, 0.6) is 23.0 Å². The molecule has 47 heavy (non-hydrogen) atoms. The van der Waals surface area contributed by atoms with Gasteiger partial charge in [-0.25, -0.2) is 0 Å². The number of nitriles is 1. The molecule has 12 heteroatoms. The molecule has 0 spiro atoms. The van der Waals surface area contributed by atoms with Gasteiger partial charge in [-0.05, 0) is 70.7 Å². The SMILES string of the molecule is CCCCCC(=O)N[C@@H](C)C(=O)NC[C@H]1c2c(c(O)c(C)c3c2OCO3)CC2[C@H]3c4c(cc(C)c(C)c4O)C[C@@H]([C@H](C#N)N21)N3C.[Ac]. The molecule has 11 nitrogen and oxygen atoms in total. The third-order valence-corrected chi connectivity index (χ3v) is 10.7. The van der Waals surface area contributed by atoms with Gasteiger partial charge in [0.15, 0.2) is 11.5 Å². The molecular formula is C35H45AcN5O6. The van der Waals surface area contributed by atoms with Crippen LogP contribution in [-0.4, -0.2) is 76.4 Å². The summed E-state index contributed by atoms with van der Waals surface area (Å²) in [5.74, 6) is 0.872. The average Bonchev–Trinajstić information content (AvgIpc) is 3.52. The number of aromatic hydroxyl groups is 2. The second kappa shape index (κ2) is 14.1. The molecule has 2 aromatic rings. The van der Waals surface area contributed by atoms with Crippen molar-refractivity contribution in [1.29, 1.82) is 5.26 Å². The number of hydrogen-bond donors (Lipinski definition) is 4. The van der Waals surface area contributed by atoms with Crippen LogP contribution in [0.2, 0.25) is 0 Å². The number of aryl methyl sites for hydroxylation is 1. The number of carbonyl (C=O) groups is 2. The Morgan fingerprint density at radius 2 is 1.79 bits per heavy atom. The molecule has 2 aromatic carbocycles. The molecule has 0 saturated carbocycles. The number of phenols is 2. The molecule has 4 N–H and O–H groups in total. The van der Waals surface area contributed by atoms with E-state index in [1.165, 1.54) is 0 Å². The molecule has 1 saturated heterocycles. The first-order chi connectivity index (χ1) is 22.0. The van der Waals surface area contributed by atoms with E-state index in [0.29, 0.717) is 47.5 Å².